The van der Waals surface area contributed by atoms with Gasteiger partial charge in [0, 0.05) is 11.4 Å². The third-order valence-corrected chi connectivity index (χ3v) is 2.62. The van der Waals surface area contributed by atoms with Gasteiger partial charge in [0.05, 0.1) is 26.1 Å². The molecule has 0 aliphatic rings. The third kappa shape index (κ3) is 6.82. The highest BCUT2D eigenvalue weighted by Crippen LogP contribution is 2.11. The molecule has 0 aliphatic heterocycles. The van der Waals surface area contributed by atoms with Crippen molar-refractivity contribution < 1.29 is 19.1 Å². The Labute approximate surface area is 117 Å². The van der Waals surface area contributed by atoms with Crippen molar-refractivity contribution in [1.82, 2.24) is 0 Å². The normalized spacial score (nSPS) is 10.0. The van der Waals surface area contributed by atoms with Crippen molar-refractivity contribution in [2.45, 2.75) is 26.2 Å². The summed E-state index contributed by atoms with van der Waals surface area (Å²) in [5, 5.41) is 0.658. The molecule has 0 saturated carbocycles. The van der Waals surface area contributed by atoms with Gasteiger partial charge in [0.15, 0.2) is 0 Å². The van der Waals surface area contributed by atoms with Crippen molar-refractivity contribution in [3.8, 4) is 0 Å². The van der Waals surface area contributed by atoms with Crippen LogP contribution < -0.4 is 0 Å². The van der Waals surface area contributed by atoms with Gasteiger partial charge in [-0.15, -0.1) is 0 Å². The summed E-state index contributed by atoms with van der Waals surface area (Å²) in [4.78, 5) is 22.4. The molecule has 1 aromatic rings. The van der Waals surface area contributed by atoms with E-state index in [0.717, 1.165) is 5.56 Å². The van der Waals surface area contributed by atoms with Gasteiger partial charge in [-0.2, -0.15) is 0 Å². The Morgan fingerprint density at radius 2 is 1.84 bits per heavy atom. The second kappa shape index (κ2) is 8.53. The quantitative estimate of drug-likeness (QED) is 0.723. The van der Waals surface area contributed by atoms with Crippen LogP contribution in [-0.2, 0) is 25.5 Å². The highest BCUT2D eigenvalue weighted by molar-refractivity contribution is 6.30. The number of carbonyl (C=O) groups is 2. The molecule has 104 valence electrons. The van der Waals surface area contributed by atoms with Gasteiger partial charge in [0.2, 0.25) is 0 Å². The molecule has 0 aliphatic carbocycles. The van der Waals surface area contributed by atoms with Crippen molar-refractivity contribution in [3.63, 3.8) is 0 Å². The lowest BCUT2D eigenvalue weighted by molar-refractivity contribution is -0.150. The van der Waals surface area contributed by atoms with E-state index in [1.807, 2.05) is 18.2 Å². The summed E-state index contributed by atoms with van der Waals surface area (Å²) in [6.07, 6.45) is 0.712. The van der Waals surface area contributed by atoms with E-state index in [-0.39, 0.29) is 25.4 Å². The van der Waals surface area contributed by atoms with E-state index in [0.29, 0.717) is 18.1 Å². The summed E-state index contributed by atoms with van der Waals surface area (Å²) in [5.74, 6) is -0.774. The first-order chi connectivity index (χ1) is 9.11. The molecule has 4 nitrogen and oxygen atoms in total. The van der Waals surface area contributed by atoms with Crippen LogP contribution in [0.15, 0.2) is 24.3 Å². The lowest BCUT2D eigenvalue weighted by Gasteiger charge is -2.05. The average molecular weight is 285 g/mol. The highest BCUT2D eigenvalue weighted by Gasteiger charge is 2.08. The first kappa shape index (κ1) is 15.5. The van der Waals surface area contributed by atoms with E-state index >= 15 is 0 Å². The van der Waals surface area contributed by atoms with Crippen LogP contribution in [0.2, 0.25) is 5.02 Å². The van der Waals surface area contributed by atoms with Crippen molar-refractivity contribution in [2.75, 3.05) is 13.2 Å². The minimum absolute atomic E-state index is 0.0500. The van der Waals surface area contributed by atoms with Crippen molar-refractivity contribution in [3.05, 3.63) is 34.9 Å². The van der Waals surface area contributed by atoms with E-state index in [1.54, 1.807) is 13.0 Å². The molecular weight excluding hydrogens is 268 g/mol. The smallest absolute Gasteiger partial charge is 0.306 e. The number of esters is 2. The molecule has 0 amide bonds. The SMILES string of the molecule is CCOC(=O)CCC(=O)OCCc1cccc(Cl)c1. The lowest BCUT2D eigenvalue weighted by Crippen LogP contribution is -2.11. The average Bonchev–Trinajstić information content (AvgIpc) is 2.37. The number of hydrogen-bond acceptors (Lipinski definition) is 4. The van der Waals surface area contributed by atoms with E-state index in [4.69, 9.17) is 21.1 Å². The lowest BCUT2D eigenvalue weighted by atomic mass is 10.2. The van der Waals surface area contributed by atoms with E-state index in [1.165, 1.54) is 0 Å². The molecule has 0 atom stereocenters. The van der Waals surface area contributed by atoms with Gasteiger partial charge in [-0.1, -0.05) is 23.7 Å². The summed E-state index contributed by atoms with van der Waals surface area (Å²) in [5.41, 5.74) is 1.01. The Balaban J connectivity index is 2.18. The molecule has 0 heterocycles. The summed E-state index contributed by atoms with van der Waals surface area (Å²) < 4.78 is 9.74. The van der Waals surface area contributed by atoms with E-state index in [2.05, 4.69) is 0 Å². The van der Waals surface area contributed by atoms with Gasteiger partial charge in [-0.05, 0) is 24.6 Å². The van der Waals surface area contributed by atoms with Crippen molar-refractivity contribution in [2.24, 2.45) is 0 Å². The standard InChI is InChI=1S/C14H17ClO4/c1-2-18-13(16)6-7-14(17)19-9-8-11-4-3-5-12(15)10-11/h3-5,10H,2,6-9H2,1H3. The number of rotatable bonds is 7. The molecule has 19 heavy (non-hydrogen) atoms. The van der Waals surface area contributed by atoms with Gasteiger partial charge in [0.1, 0.15) is 0 Å². The van der Waals surface area contributed by atoms with Gasteiger partial charge in [-0.3, -0.25) is 9.59 Å². The number of halogens is 1. The minimum Gasteiger partial charge on any atom is -0.466 e. The van der Waals surface area contributed by atoms with Crippen LogP contribution in [0.1, 0.15) is 25.3 Å². The fraction of sp³-hybridized carbons (Fsp3) is 0.429. The zero-order valence-electron chi connectivity index (χ0n) is 10.9. The van der Waals surface area contributed by atoms with Crippen LogP contribution in [0.5, 0.6) is 0 Å². The van der Waals surface area contributed by atoms with Crippen LogP contribution in [0.3, 0.4) is 0 Å². The van der Waals surface area contributed by atoms with Gasteiger partial charge in [-0.25, -0.2) is 0 Å². The topological polar surface area (TPSA) is 52.6 Å². The van der Waals surface area contributed by atoms with Gasteiger partial charge < -0.3 is 9.47 Å². The van der Waals surface area contributed by atoms with Gasteiger partial charge >= 0.3 is 11.9 Å². The van der Waals surface area contributed by atoms with E-state index in [9.17, 15) is 9.59 Å². The maximum Gasteiger partial charge on any atom is 0.306 e. The molecule has 0 unspecified atom stereocenters. The van der Waals surface area contributed by atoms with Crippen LogP contribution in [0.4, 0.5) is 0 Å². The number of benzene rings is 1. The molecule has 0 saturated heterocycles. The summed E-state index contributed by atoms with van der Waals surface area (Å²) in [6, 6.07) is 7.38. The molecule has 5 heteroatoms. The second-order valence-electron chi connectivity index (χ2n) is 3.91. The largest absolute Gasteiger partial charge is 0.466 e. The molecule has 1 rings (SSSR count). The maximum atomic E-state index is 11.4. The van der Waals surface area contributed by atoms with Crippen molar-refractivity contribution >= 4 is 23.5 Å². The second-order valence-corrected chi connectivity index (χ2v) is 4.34. The van der Waals surface area contributed by atoms with Gasteiger partial charge in [0.25, 0.3) is 0 Å². The molecule has 0 radical (unpaired) electrons. The zero-order chi connectivity index (χ0) is 14.1. The highest BCUT2D eigenvalue weighted by atomic mass is 35.5. The molecule has 0 N–H and O–H groups in total. The predicted octanol–water partition coefficient (Wildman–Crippen LogP) is 2.77. The molecular formula is C14H17ClO4. The molecule has 0 bridgehead atoms. The van der Waals surface area contributed by atoms with Crippen molar-refractivity contribution in [1.29, 1.82) is 0 Å². The maximum absolute atomic E-state index is 11.4. The monoisotopic (exact) mass is 284 g/mol. The van der Waals surface area contributed by atoms with Crippen LogP contribution in [0, 0.1) is 0 Å². The first-order valence-electron chi connectivity index (χ1n) is 6.17. The van der Waals surface area contributed by atoms with Crippen LogP contribution >= 0.6 is 11.6 Å². The Morgan fingerprint density at radius 3 is 2.47 bits per heavy atom. The Kier molecular flexibility index (Phi) is 6.97. The molecule has 0 spiro atoms. The minimum atomic E-state index is -0.393. The Hall–Kier alpha value is -1.55. The Morgan fingerprint density at radius 1 is 1.16 bits per heavy atom. The number of hydrogen-bond donors (Lipinski definition) is 0. The van der Waals surface area contributed by atoms with Crippen LogP contribution in [0.25, 0.3) is 0 Å². The third-order valence-electron chi connectivity index (χ3n) is 2.38. The summed E-state index contributed by atoms with van der Waals surface area (Å²) in [6.45, 7) is 2.33. The fourth-order valence-electron chi connectivity index (χ4n) is 1.48. The number of ether oxygens (including phenoxy) is 2. The first-order valence-corrected chi connectivity index (χ1v) is 6.55. The predicted molar refractivity (Wildman–Crippen MR) is 72.0 cm³/mol. The van der Waals surface area contributed by atoms with E-state index < -0.39 is 5.97 Å². The number of carbonyl (C=O) groups excluding carboxylic acids is 2. The Bertz CT molecular complexity index is 431. The summed E-state index contributed by atoms with van der Waals surface area (Å²) >= 11 is 5.84. The zero-order valence-corrected chi connectivity index (χ0v) is 11.6. The molecule has 1 aromatic carbocycles. The fourth-order valence-corrected chi connectivity index (χ4v) is 1.70. The molecule has 0 fully saturated rings. The molecule has 0 aromatic heterocycles. The summed E-state index contributed by atoms with van der Waals surface area (Å²) in [7, 11) is 0. The van der Waals surface area contributed by atoms with Crippen LogP contribution in [-0.4, -0.2) is 25.2 Å².